The molecular weight excluding hydrogens is 250 g/mol. The van der Waals surface area contributed by atoms with E-state index in [1.807, 2.05) is 0 Å². The van der Waals surface area contributed by atoms with Crippen molar-refractivity contribution in [2.24, 2.45) is 0 Å². The largest absolute Gasteiger partial charge is 0.369 e. The van der Waals surface area contributed by atoms with E-state index in [4.69, 9.17) is 4.74 Å². The molecule has 0 heterocycles. The van der Waals surface area contributed by atoms with Crippen LogP contribution in [0.25, 0.3) is 0 Å². The number of rotatable bonds is 4. The smallest absolute Gasteiger partial charge is 0.196 e. The fraction of sp³-hybridized carbons (Fsp3) is 0.133. The zero-order valence-electron chi connectivity index (χ0n) is 10.3. The highest BCUT2D eigenvalue weighted by molar-refractivity contribution is 6.00. The molecule has 0 aliphatic heterocycles. The Morgan fingerprint density at radius 2 is 1.68 bits per heavy atom. The summed E-state index contributed by atoms with van der Waals surface area (Å²) in [7, 11) is 1.35. The summed E-state index contributed by atoms with van der Waals surface area (Å²) in [6.07, 6.45) is -0.947. The Morgan fingerprint density at radius 1 is 1.05 bits per heavy atom. The lowest BCUT2D eigenvalue weighted by Gasteiger charge is -2.14. The maximum Gasteiger partial charge on any atom is 0.196 e. The first-order valence-electron chi connectivity index (χ1n) is 5.70. The van der Waals surface area contributed by atoms with E-state index in [1.165, 1.54) is 43.5 Å². The summed E-state index contributed by atoms with van der Waals surface area (Å²) >= 11 is 0. The molecule has 0 radical (unpaired) electrons. The van der Waals surface area contributed by atoms with E-state index < -0.39 is 23.5 Å². The summed E-state index contributed by atoms with van der Waals surface area (Å²) < 4.78 is 31.4. The molecule has 1 unspecified atom stereocenters. The zero-order chi connectivity index (χ0) is 13.8. The number of methoxy groups -OCH3 is 1. The van der Waals surface area contributed by atoms with E-state index in [0.29, 0.717) is 5.56 Å². The van der Waals surface area contributed by atoms with Crippen LogP contribution in [0.2, 0.25) is 0 Å². The van der Waals surface area contributed by atoms with Gasteiger partial charge < -0.3 is 4.74 Å². The van der Waals surface area contributed by atoms with Crippen LogP contribution in [0.1, 0.15) is 22.0 Å². The summed E-state index contributed by atoms with van der Waals surface area (Å²) in [5, 5.41) is 0. The SMILES string of the molecule is COC(C(=O)c1cccc(F)c1)c1cccc(F)c1. The van der Waals surface area contributed by atoms with Crippen molar-refractivity contribution in [2.45, 2.75) is 6.10 Å². The second kappa shape index (κ2) is 5.71. The summed E-state index contributed by atoms with van der Waals surface area (Å²) in [5.74, 6) is -1.36. The predicted molar refractivity (Wildman–Crippen MR) is 66.9 cm³/mol. The van der Waals surface area contributed by atoms with E-state index in [-0.39, 0.29) is 5.56 Å². The van der Waals surface area contributed by atoms with Crippen molar-refractivity contribution in [1.29, 1.82) is 0 Å². The first-order valence-corrected chi connectivity index (χ1v) is 5.70. The molecule has 19 heavy (non-hydrogen) atoms. The normalized spacial score (nSPS) is 12.2. The Hall–Kier alpha value is -2.07. The standard InChI is InChI=1S/C15H12F2O2/c1-19-15(11-5-3-7-13(17)9-11)14(18)10-4-2-6-12(16)8-10/h2-9,15H,1H3. The number of hydrogen-bond acceptors (Lipinski definition) is 2. The van der Waals surface area contributed by atoms with E-state index >= 15 is 0 Å². The number of ketones is 1. The second-order valence-electron chi connectivity index (χ2n) is 4.05. The van der Waals surface area contributed by atoms with Gasteiger partial charge in [-0.25, -0.2) is 8.78 Å². The summed E-state index contributed by atoms with van der Waals surface area (Å²) in [5.41, 5.74) is 0.591. The van der Waals surface area contributed by atoms with Gasteiger partial charge in [0.05, 0.1) is 0 Å². The fourth-order valence-electron chi connectivity index (χ4n) is 1.86. The van der Waals surface area contributed by atoms with Gasteiger partial charge in [-0.15, -0.1) is 0 Å². The molecule has 2 aromatic rings. The number of carbonyl (C=O) groups is 1. The lowest BCUT2D eigenvalue weighted by Crippen LogP contribution is -2.15. The zero-order valence-corrected chi connectivity index (χ0v) is 10.3. The van der Waals surface area contributed by atoms with E-state index in [2.05, 4.69) is 0 Å². The van der Waals surface area contributed by atoms with Crippen molar-refractivity contribution in [3.05, 3.63) is 71.3 Å². The third-order valence-corrected chi connectivity index (χ3v) is 2.73. The van der Waals surface area contributed by atoms with Gasteiger partial charge in [-0.05, 0) is 29.8 Å². The van der Waals surface area contributed by atoms with Crippen molar-refractivity contribution < 1.29 is 18.3 Å². The van der Waals surface area contributed by atoms with Crippen LogP contribution in [0.15, 0.2) is 48.5 Å². The Labute approximate surface area is 109 Å². The lowest BCUT2D eigenvalue weighted by atomic mass is 9.99. The number of carbonyl (C=O) groups excluding carboxylic acids is 1. The molecule has 0 spiro atoms. The maximum absolute atomic E-state index is 13.2. The highest BCUT2D eigenvalue weighted by atomic mass is 19.1. The molecule has 0 aromatic heterocycles. The highest BCUT2D eigenvalue weighted by Gasteiger charge is 2.22. The van der Waals surface area contributed by atoms with Crippen LogP contribution in [0.4, 0.5) is 8.78 Å². The Morgan fingerprint density at radius 3 is 2.26 bits per heavy atom. The molecule has 0 saturated carbocycles. The third kappa shape index (κ3) is 3.03. The topological polar surface area (TPSA) is 26.3 Å². The average molecular weight is 262 g/mol. The molecule has 0 fully saturated rings. The van der Waals surface area contributed by atoms with Gasteiger partial charge in [0, 0.05) is 12.7 Å². The van der Waals surface area contributed by atoms with Crippen LogP contribution in [0.5, 0.6) is 0 Å². The van der Waals surface area contributed by atoms with Gasteiger partial charge in [0.15, 0.2) is 5.78 Å². The molecule has 0 amide bonds. The van der Waals surface area contributed by atoms with Crippen LogP contribution in [0, 0.1) is 11.6 Å². The number of hydrogen-bond donors (Lipinski definition) is 0. The fourth-order valence-corrected chi connectivity index (χ4v) is 1.86. The van der Waals surface area contributed by atoms with Crippen LogP contribution in [-0.4, -0.2) is 12.9 Å². The summed E-state index contributed by atoms with van der Waals surface area (Å²) in [6, 6.07) is 10.9. The van der Waals surface area contributed by atoms with Gasteiger partial charge in [0.25, 0.3) is 0 Å². The predicted octanol–water partition coefficient (Wildman–Crippen LogP) is 3.54. The van der Waals surface area contributed by atoms with Crippen molar-refractivity contribution in [1.82, 2.24) is 0 Å². The lowest BCUT2D eigenvalue weighted by molar-refractivity contribution is 0.0603. The minimum atomic E-state index is -0.947. The molecule has 2 nitrogen and oxygen atoms in total. The molecule has 98 valence electrons. The maximum atomic E-state index is 13.2. The van der Waals surface area contributed by atoms with Gasteiger partial charge in [-0.1, -0.05) is 24.3 Å². The average Bonchev–Trinajstić information content (AvgIpc) is 2.39. The van der Waals surface area contributed by atoms with Crippen molar-refractivity contribution in [3.8, 4) is 0 Å². The number of Topliss-reactive ketones (excluding diaryl/α,β-unsaturated/α-hetero) is 1. The van der Waals surface area contributed by atoms with Crippen molar-refractivity contribution in [3.63, 3.8) is 0 Å². The van der Waals surface area contributed by atoms with Gasteiger partial charge in [-0.3, -0.25) is 4.79 Å². The molecular formula is C15H12F2O2. The molecule has 2 rings (SSSR count). The summed E-state index contributed by atoms with van der Waals surface area (Å²) in [4.78, 5) is 12.2. The van der Waals surface area contributed by atoms with Gasteiger partial charge in [0.1, 0.15) is 17.7 Å². The second-order valence-corrected chi connectivity index (χ2v) is 4.05. The highest BCUT2D eigenvalue weighted by Crippen LogP contribution is 2.22. The molecule has 0 aliphatic rings. The first-order chi connectivity index (χ1) is 9.11. The minimum Gasteiger partial charge on any atom is -0.369 e. The monoisotopic (exact) mass is 262 g/mol. The van der Waals surface area contributed by atoms with E-state index in [0.717, 1.165) is 6.07 Å². The van der Waals surface area contributed by atoms with Crippen LogP contribution in [-0.2, 0) is 4.74 Å². The number of ether oxygens (including phenoxy) is 1. The van der Waals surface area contributed by atoms with Gasteiger partial charge in [-0.2, -0.15) is 0 Å². The molecule has 0 bridgehead atoms. The van der Waals surface area contributed by atoms with Crippen molar-refractivity contribution in [2.75, 3.05) is 7.11 Å². The molecule has 0 saturated heterocycles. The van der Waals surface area contributed by atoms with Crippen LogP contribution in [0.3, 0.4) is 0 Å². The number of benzene rings is 2. The quantitative estimate of drug-likeness (QED) is 0.788. The molecule has 4 heteroatoms. The Balaban J connectivity index is 2.34. The third-order valence-electron chi connectivity index (χ3n) is 2.73. The van der Waals surface area contributed by atoms with Crippen LogP contribution < -0.4 is 0 Å². The molecule has 1 atom stereocenters. The Kier molecular flexibility index (Phi) is 4.02. The minimum absolute atomic E-state index is 0.191. The molecule has 0 aliphatic carbocycles. The summed E-state index contributed by atoms with van der Waals surface area (Å²) in [6.45, 7) is 0. The first kappa shape index (κ1) is 13.4. The number of halogens is 2. The van der Waals surface area contributed by atoms with E-state index in [1.54, 1.807) is 6.07 Å². The molecule has 2 aromatic carbocycles. The van der Waals surface area contributed by atoms with Gasteiger partial charge in [0.2, 0.25) is 0 Å². The van der Waals surface area contributed by atoms with Crippen LogP contribution >= 0.6 is 0 Å². The van der Waals surface area contributed by atoms with E-state index in [9.17, 15) is 13.6 Å². The van der Waals surface area contributed by atoms with Gasteiger partial charge >= 0.3 is 0 Å². The van der Waals surface area contributed by atoms with Crippen molar-refractivity contribution >= 4 is 5.78 Å². The molecule has 0 N–H and O–H groups in total. The Bertz CT molecular complexity index is 596.